The highest BCUT2D eigenvalue weighted by molar-refractivity contribution is 6.28. The zero-order chi connectivity index (χ0) is 31.6. The van der Waals surface area contributed by atoms with Crippen molar-refractivity contribution in [3.8, 4) is 11.5 Å². The molecular weight excluding hydrogens is 564 g/mol. The van der Waals surface area contributed by atoms with E-state index >= 15 is 0 Å². The van der Waals surface area contributed by atoms with E-state index in [0.29, 0.717) is 29.3 Å². The molecule has 10 heteroatoms. The number of carbonyl (C=O) groups is 6. The molecule has 44 heavy (non-hydrogen) atoms. The van der Waals surface area contributed by atoms with Crippen molar-refractivity contribution in [3.05, 3.63) is 72.8 Å². The van der Waals surface area contributed by atoms with Gasteiger partial charge in [0.15, 0.2) is 0 Å². The summed E-state index contributed by atoms with van der Waals surface area (Å²) in [4.78, 5) is 75.3. The van der Waals surface area contributed by atoms with E-state index in [1.165, 1.54) is 24.3 Å². The van der Waals surface area contributed by atoms with Crippen molar-refractivity contribution in [1.82, 2.24) is 0 Å². The zero-order valence-corrected chi connectivity index (χ0v) is 24.9. The van der Waals surface area contributed by atoms with E-state index in [9.17, 15) is 28.8 Å². The highest BCUT2D eigenvalue weighted by Gasteiger charge is 2.42. The number of amides is 4. The Hall–Kier alpha value is -4.86. The van der Waals surface area contributed by atoms with Crippen LogP contribution in [0.3, 0.4) is 0 Å². The fraction of sp³-hybridized carbons (Fsp3) is 0.353. The lowest BCUT2D eigenvalue weighted by Gasteiger charge is -2.46. The fourth-order valence-electron chi connectivity index (χ4n) is 6.82. The highest BCUT2D eigenvalue weighted by Crippen LogP contribution is 2.51. The Morgan fingerprint density at radius 1 is 0.682 bits per heavy atom. The Morgan fingerprint density at radius 2 is 1.11 bits per heavy atom. The van der Waals surface area contributed by atoms with Crippen molar-refractivity contribution in [3.63, 3.8) is 0 Å². The average molecular weight is 599 g/mol. The minimum Gasteiger partial charge on any atom is -0.427 e. The first-order valence-electron chi connectivity index (χ1n) is 14.5. The van der Waals surface area contributed by atoms with E-state index in [4.69, 9.17) is 9.47 Å². The molecule has 5 rings (SSSR count). The number of benzene rings is 2. The van der Waals surface area contributed by atoms with Crippen LogP contribution in [0, 0.1) is 16.7 Å². The van der Waals surface area contributed by atoms with Gasteiger partial charge in [0.2, 0.25) is 0 Å². The first-order chi connectivity index (χ1) is 20.8. The molecule has 228 valence electrons. The molecule has 1 aliphatic carbocycles. The molecule has 2 heterocycles. The number of rotatable bonds is 9. The third-order valence-electron chi connectivity index (χ3n) is 8.19. The van der Waals surface area contributed by atoms with Crippen molar-refractivity contribution in [2.45, 2.75) is 59.3 Å². The molecule has 0 spiro atoms. The summed E-state index contributed by atoms with van der Waals surface area (Å²) in [5.74, 6) is -1.71. The van der Waals surface area contributed by atoms with Gasteiger partial charge in [-0.25, -0.2) is 9.80 Å². The molecule has 10 nitrogen and oxygen atoms in total. The summed E-state index contributed by atoms with van der Waals surface area (Å²) >= 11 is 0. The second kappa shape index (κ2) is 12.0. The van der Waals surface area contributed by atoms with Gasteiger partial charge < -0.3 is 9.47 Å². The summed E-state index contributed by atoms with van der Waals surface area (Å²) in [6, 6.07) is 12.5. The van der Waals surface area contributed by atoms with E-state index in [1.807, 2.05) is 0 Å². The molecular formula is C34H34N2O8. The lowest BCUT2D eigenvalue weighted by Crippen LogP contribution is -2.37. The van der Waals surface area contributed by atoms with Crippen LogP contribution in [0.15, 0.2) is 72.8 Å². The second-order valence-corrected chi connectivity index (χ2v) is 12.8. The van der Waals surface area contributed by atoms with Gasteiger partial charge in [0.05, 0.1) is 11.4 Å². The topological polar surface area (TPSA) is 127 Å². The van der Waals surface area contributed by atoms with Gasteiger partial charge in [0.25, 0.3) is 23.6 Å². The van der Waals surface area contributed by atoms with Gasteiger partial charge in [-0.2, -0.15) is 0 Å². The minimum absolute atomic E-state index is 0.0402. The molecule has 0 bridgehead atoms. The summed E-state index contributed by atoms with van der Waals surface area (Å²) in [5, 5.41) is 0. The van der Waals surface area contributed by atoms with Crippen LogP contribution in [-0.2, 0) is 28.8 Å². The van der Waals surface area contributed by atoms with Crippen molar-refractivity contribution in [1.29, 1.82) is 0 Å². The molecule has 2 aliphatic heterocycles. The zero-order valence-electron chi connectivity index (χ0n) is 24.9. The Morgan fingerprint density at radius 3 is 1.57 bits per heavy atom. The molecule has 0 saturated heterocycles. The summed E-state index contributed by atoms with van der Waals surface area (Å²) in [5.41, 5.74) is 0.569. The maximum Gasteiger partial charge on any atom is 0.311 e. The molecule has 3 aliphatic rings. The summed E-state index contributed by atoms with van der Waals surface area (Å²) in [6.45, 7) is 6.48. The largest absolute Gasteiger partial charge is 0.427 e. The quantitative estimate of drug-likeness (QED) is 0.223. The van der Waals surface area contributed by atoms with Gasteiger partial charge in [-0.3, -0.25) is 28.8 Å². The average Bonchev–Trinajstić information content (AvgIpc) is 3.46. The number of carbonyl (C=O) groups excluding carboxylic acids is 6. The summed E-state index contributed by atoms with van der Waals surface area (Å²) in [6.07, 6.45) is 8.33. The van der Waals surface area contributed by atoms with Gasteiger partial charge in [-0.1, -0.05) is 20.8 Å². The van der Waals surface area contributed by atoms with E-state index in [-0.39, 0.29) is 41.5 Å². The molecule has 4 amide bonds. The Labute approximate surface area is 255 Å². The Bertz CT molecular complexity index is 1540. The van der Waals surface area contributed by atoms with Crippen molar-refractivity contribution in [2.24, 2.45) is 16.7 Å². The van der Waals surface area contributed by atoms with Crippen molar-refractivity contribution in [2.75, 3.05) is 9.80 Å². The summed E-state index contributed by atoms with van der Waals surface area (Å²) < 4.78 is 11.1. The molecule has 2 aromatic carbocycles. The predicted octanol–water partition coefficient (Wildman–Crippen LogP) is 5.06. The molecule has 0 N–H and O–H groups in total. The lowest BCUT2D eigenvalue weighted by molar-refractivity contribution is -0.138. The smallest absolute Gasteiger partial charge is 0.311 e. The normalized spacial score (nSPS) is 22.6. The van der Waals surface area contributed by atoms with Gasteiger partial charge in [-0.15, -0.1) is 0 Å². The van der Waals surface area contributed by atoms with Gasteiger partial charge in [0, 0.05) is 37.1 Å². The first-order valence-corrected chi connectivity index (χ1v) is 14.5. The maximum absolute atomic E-state index is 12.9. The Kier molecular flexibility index (Phi) is 8.36. The molecule has 2 aromatic rings. The number of esters is 2. The standard InChI is InChI=1S/C34H34N2O8/c1-33(2)19-22(18-32(42)44-26-10-6-24(7-11-26)36-29(39)14-15-30(36)40)20-34(3,21-33)17-16-31(41)43-25-8-4-23(5-9-25)35-27(37)12-13-28(35)38/h4-15,22H,16-21H2,1-3H3. The molecule has 0 radical (unpaired) electrons. The molecule has 1 saturated carbocycles. The van der Waals surface area contributed by atoms with Crippen LogP contribution < -0.4 is 19.3 Å². The predicted molar refractivity (Wildman–Crippen MR) is 160 cm³/mol. The number of hydrogen-bond acceptors (Lipinski definition) is 8. The maximum atomic E-state index is 12.9. The number of anilines is 2. The van der Waals surface area contributed by atoms with Crippen molar-refractivity contribution >= 4 is 46.9 Å². The number of imide groups is 2. The van der Waals surface area contributed by atoms with Crippen LogP contribution in [-0.4, -0.2) is 35.6 Å². The third-order valence-corrected chi connectivity index (χ3v) is 8.19. The fourth-order valence-corrected chi connectivity index (χ4v) is 6.82. The summed E-state index contributed by atoms with van der Waals surface area (Å²) in [7, 11) is 0. The monoisotopic (exact) mass is 598 g/mol. The lowest BCUT2D eigenvalue weighted by atomic mass is 9.59. The SMILES string of the molecule is CC1(C)CC(CC(=O)Oc2ccc(N3C(=O)C=CC3=O)cc2)CC(C)(CCC(=O)Oc2ccc(N3C(=O)C=CC3=O)cc2)C1. The Balaban J connectivity index is 1.13. The van der Waals surface area contributed by atoms with E-state index in [1.54, 1.807) is 48.5 Å². The first kappa shape index (κ1) is 30.6. The van der Waals surface area contributed by atoms with Crippen LogP contribution in [0.4, 0.5) is 11.4 Å². The van der Waals surface area contributed by atoms with Crippen molar-refractivity contribution < 1.29 is 38.2 Å². The minimum atomic E-state index is -0.419. The van der Waals surface area contributed by atoms with Gasteiger partial charge in [0.1, 0.15) is 11.5 Å². The molecule has 2 unspecified atom stereocenters. The van der Waals surface area contributed by atoms with E-state index < -0.39 is 23.6 Å². The van der Waals surface area contributed by atoms with E-state index in [2.05, 4.69) is 20.8 Å². The molecule has 0 aromatic heterocycles. The van der Waals surface area contributed by atoms with Crippen LogP contribution in [0.1, 0.15) is 59.3 Å². The number of hydrogen-bond donors (Lipinski definition) is 0. The number of nitrogens with zero attached hydrogens (tertiary/aromatic N) is 2. The van der Waals surface area contributed by atoms with Crippen LogP contribution in [0.2, 0.25) is 0 Å². The van der Waals surface area contributed by atoms with Crippen LogP contribution in [0.25, 0.3) is 0 Å². The van der Waals surface area contributed by atoms with Crippen LogP contribution >= 0.6 is 0 Å². The molecule has 2 atom stereocenters. The second-order valence-electron chi connectivity index (χ2n) is 12.8. The molecule has 1 fully saturated rings. The third kappa shape index (κ3) is 7.02. The van der Waals surface area contributed by atoms with Gasteiger partial charge in [-0.05, 0) is 91.0 Å². The highest BCUT2D eigenvalue weighted by atomic mass is 16.5. The number of ether oxygens (including phenoxy) is 2. The van der Waals surface area contributed by atoms with E-state index in [0.717, 1.165) is 29.1 Å². The van der Waals surface area contributed by atoms with Crippen LogP contribution in [0.5, 0.6) is 11.5 Å². The van der Waals surface area contributed by atoms with Gasteiger partial charge >= 0.3 is 11.9 Å².